The van der Waals surface area contributed by atoms with Gasteiger partial charge in [0.2, 0.25) is 0 Å². The number of pyridine rings is 1. The summed E-state index contributed by atoms with van der Waals surface area (Å²) in [5, 5.41) is 4.69. The fourth-order valence-electron chi connectivity index (χ4n) is 4.49. The third-order valence-electron chi connectivity index (χ3n) is 6.28. The van der Waals surface area contributed by atoms with Crippen LogP contribution in [0.15, 0.2) is 67.0 Å². The topological polar surface area (TPSA) is 57.5 Å². The molecule has 1 unspecified atom stereocenters. The van der Waals surface area contributed by atoms with Crippen molar-refractivity contribution < 1.29 is 14.2 Å². The molecule has 1 aliphatic rings. The Morgan fingerprint density at radius 2 is 1.94 bits per heavy atom. The largest absolute Gasteiger partial charge is 0.495 e. The number of benzene rings is 2. The molecule has 4 aromatic rings. The summed E-state index contributed by atoms with van der Waals surface area (Å²) in [6, 6.07) is 16.5. The predicted octanol–water partition coefficient (Wildman–Crippen LogP) is 5.07. The lowest BCUT2D eigenvalue weighted by molar-refractivity contribution is 0.283. The molecular weight excluding hydrogens is 426 g/mol. The Balaban J connectivity index is 1.42. The average molecular weight is 456 g/mol. The Kier molecular flexibility index (Phi) is 6.23. The molecule has 6 heteroatoms. The Morgan fingerprint density at radius 1 is 1.09 bits per heavy atom. The van der Waals surface area contributed by atoms with Crippen molar-refractivity contribution in [2.24, 2.45) is 7.05 Å². The second kappa shape index (κ2) is 9.61. The molecule has 0 saturated carbocycles. The van der Waals surface area contributed by atoms with Crippen LogP contribution in [0.5, 0.6) is 17.2 Å². The molecule has 0 saturated heterocycles. The zero-order valence-corrected chi connectivity index (χ0v) is 19.7. The quantitative estimate of drug-likeness (QED) is 0.422. The van der Waals surface area contributed by atoms with E-state index >= 15 is 0 Å². The van der Waals surface area contributed by atoms with E-state index in [-0.39, 0.29) is 6.04 Å². The molecule has 0 aliphatic carbocycles. The van der Waals surface area contributed by atoms with Gasteiger partial charge in [-0.1, -0.05) is 42.5 Å². The van der Waals surface area contributed by atoms with Gasteiger partial charge in [-0.15, -0.1) is 0 Å². The van der Waals surface area contributed by atoms with Gasteiger partial charge in [0.05, 0.1) is 26.5 Å². The smallest absolute Gasteiger partial charge is 0.161 e. The van der Waals surface area contributed by atoms with Crippen LogP contribution < -0.4 is 19.5 Å². The standard InChI is InChI=1S/C28H29N3O3/c1-31-17-21(24-14-22(32-2)16-30-28(24)31)9-10-25-23-15-26(33-3)27(13-20(23)11-12-29-25)34-18-19-7-5-4-6-8-19/h4-10,13-17,25,29H,11-12,18H2,1-3H3. The van der Waals surface area contributed by atoms with Crippen LogP contribution in [-0.2, 0) is 20.1 Å². The summed E-state index contributed by atoms with van der Waals surface area (Å²) < 4.78 is 19.2. The van der Waals surface area contributed by atoms with Crippen LogP contribution in [-0.4, -0.2) is 30.3 Å². The first kappa shape index (κ1) is 22.0. The fourth-order valence-corrected chi connectivity index (χ4v) is 4.49. The number of aryl methyl sites for hydroxylation is 1. The van der Waals surface area contributed by atoms with Crippen molar-refractivity contribution in [3.63, 3.8) is 0 Å². The maximum atomic E-state index is 6.13. The molecule has 0 radical (unpaired) electrons. The average Bonchev–Trinajstić information content (AvgIpc) is 3.20. The van der Waals surface area contributed by atoms with Crippen molar-refractivity contribution in [2.45, 2.75) is 19.1 Å². The monoisotopic (exact) mass is 455 g/mol. The molecule has 3 heterocycles. The van der Waals surface area contributed by atoms with Crippen LogP contribution in [0.25, 0.3) is 17.1 Å². The zero-order chi connectivity index (χ0) is 23.5. The van der Waals surface area contributed by atoms with Gasteiger partial charge in [-0.3, -0.25) is 0 Å². The number of hydrogen-bond acceptors (Lipinski definition) is 5. The van der Waals surface area contributed by atoms with E-state index in [4.69, 9.17) is 14.2 Å². The maximum absolute atomic E-state index is 6.13. The Morgan fingerprint density at radius 3 is 2.74 bits per heavy atom. The molecule has 2 aromatic carbocycles. The van der Waals surface area contributed by atoms with Gasteiger partial charge in [0, 0.05) is 30.7 Å². The van der Waals surface area contributed by atoms with Gasteiger partial charge in [0.1, 0.15) is 18.0 Å². The van der Waals surface area contributed by atoms with Crippen LogP contribution in [0.4, 0.5) is 0 Å². The van der Waals surface area contributed by atoms with E-state index in [1.54, 1.807) is 20.4 Å². The molecule has 5 rings (SSSR count). The second-order valence-electron chi connectivity index (χ2n) is 8.46. The molecule has 0 amide bonds. The molecular formula is C28H29N3O3. The van der Waals surface area contributed by atoms with Crippen molar-refractivity contribution in [3.8, 4) is 17.2 Å². The molecule has 0 bridgehead atoms. The molecule has 2 aromatic heterocycles. The molecule has 34 heavy (non-hydrogen) atoms. The van der Waals surface area contributed by atoms with Crippen molar-refractivity contribution in [1.29, 1.82) is 0 Å². The van der Waals surface area contributed by atoms with Crippen molar-refractivity contribution in [2.75, 3.05) is 20.8 Å². The van der Waals surface area contributed by atoms with Gasteiger partial charge >= 0.3 is 0 Å². The molecule has 0 spiro atoms. The predicted molar refractivity (Wildman–Crippen MR) is 135 cm³/mol. The lowest BCUT2D eigenvalue weighted by Crippen LogP contribution is -2.28. The van der Waals surface area contributed by atoms with Crippen LogP contribution in [0.1, 0.15) is 28.3 Å². The summed E-state index contributed by atoms with van der Waals surface area (Å²) in [6.07, 6.45) is 9.15. The summed E-state index contributed by atoms with van der Waals surface area (Å²) in [7, 11) is 5.36. The number of ether oxygens (including phenoxy) is 3. The Labute approximate surface area is 199 Å². The van der Waals surface area contributed by atoms with E-state index in [1.807, 2.05) is 35.9 Å². The number of rotatable bonds is 7. The van der Waals surface area contributed by atoms with Gasteiger partial charge in [0.15, 0.2) is 11.5 Å². The minimum atomic E-state index is 0.0784. The van der Waals surface area contributed by atoms with E-state index < -0.39 is 0 Å². The van der Waals surface area contributed by atoms with Gasteiger partial charge in [-0.25, -0.2) is 4.98 Å². The van der Waals surface area contributed by atoms with Gasteiger partial charge in [-0.05, 0) is 41.3 Å². The third-order valence-corrected chi connectivity index (χ3v) is 6.28. The first-order chi connectivity index (χ1) is 16.7. The molecule has 1 atom stereocenters. The minimum absolute atomic E-state index is 0.0784. The minimum Gasteiger partial charge on any atom is -0.495 e. The van der Waals surface area contributed by atoms with E-state index in [9.17, 15) is 0 Å². The molecule has 0 fully saturated rings. The zero-order valence-electron chi connectivity index (χ0n) is 19.7. The number of fused-ring (bicyclic) bond motifs is 2. The number of nitrogens with one attached hydrogen (secondary N) is 1. The van der Waals surface area contributed by atoms with E-state index in [2.05, 4.69) is 52.9 Å². The Hall–Kier alpha value is -3.77. The number of hydrogen-bond donors (Lipinski definition) is 1. The van der Waals surface area contributed by atoms with Gasteiger partial charge < -0.3 is 24.1 Å². The summed E-state index contributed by atoms with van der Waals surface area (Å²) >= 11 is 0. The lowest BCUT2D eigenvalue weighted by atomic mass is 9.93. The summed E-state index contributed by atoms with van der Waals surface area (Å²) in [6.45, 7) is 1.41. The number of methoxy groups -OCH3 is 2. The van der Waals surface area contributed by atoms with Crippen molar-refractivity contribution in [1.82, 2.24) is 14.9 Å². The van der Waals surface area contributed by atoms with Crippen molar-refractivity contribution >= 4 is 17.1 Å². The van der Waals surface area contributed by atoms with Crippen LogP contribution in [0.3, 0.4) is 0 Å². The number of nitrogens with zero attached hydrogens (tertiary/aromatic N) is 2. The number of aromatic nitrogens is 2. The molecule has 174 valence electrons. The summed E-state index contributed by atoms with van der Waals surface area (Å²) in [4.78, 5) is 4.53. The molecule has 1 aliphatic heterocycles. The highest BCUT2D eigenvalue weighted by atomic mass is 16.5. The van der Waals surface area contributed by atoms with Crippen LogP contribution in [0.2, 0.25) is 0 Å². The normalized spacial score (nSPS) is 15.4. The lowest BCUT2D eigenvalue weighted by Gasteiger charge is -2.26. The summed E-state index contributed by atoms with van der Waals surface area (Å²) in [5.74, 6) is 2.28. The highest BCUT2D eigenvalue weighted by molar-refractivity contribution is 5.87. The molecule has 1 N–H and O–H groups in total. The SMILES string of the molecule is COc1cnc2c(c1)c(C=CC1NCCc3cc(OCc4ccccc4)c(OC)cc31)cn2C. The summed E-state index contributed by atoms with van der Waals surface area (Å²) in [5.41, 5.74) is 5.65. The Bertz CT molecular complexity index is 1330. The van der Waals surface area contributed by atoms with Gasteiger partial charge in [-0.2, -0.15) is 0 Å². The first-order valence-corrected chi connectivity index (χ1v) is 11.4. The third kappa shape index (κ3) is 4.37. The maximum Gasteiger partial charge on any atom is 0.161 e. The van der Waals surface area contributed by atoms with Crippen LogP contribution in [0, 0.1) is 0 Å². The highest BCUT2D eigenvalue weighted by Gasteiger charge is 2.21. The second-order valence-corrected chi connectivity index (χ2v) is 8.46. The van der Waals surface area contributed by atoms with E-state index in [0.717, 1.165) is 52.4 Å². The first-order valence-electron chi connectivity index (χ1n) is 11.4. The van der Waals surface area contributed by atoms with E-state index in [1.165, 1.54) is 11.1 Å². The molecule has 6 nitrogen and oxygen atoms in total. The van der Waals surface area contributed by atoms with Crippen molar-refractivity contribution in [3.05, 3.63) is 89.3 Å². The fraction of sp³-hybridized carbons (Fsp3) is 0.250. The highest BCUT2D eigenvalue weighted by Crippen LogP contribution is 2.36. The van der Waals surface area contributed by atoms with Gasteiger partial charge in [0.25, 0.3) is 0 Å². The van der Waals surface area contributed by atoms with E-state index in [0.29, 0.717) is 6.61 Å². The van der Waals surface area contributed by atoms with Crippen LogP contribution >= 0.6 is 0 Å².